The second kappa shape index (κ2) is 7.79. The Morgan fingerprint density at radius 2 is 1.93 bits per heavy atom. The first-order chi connectivity index (χ1) is 13.2. The van der Waals surface area contributed by atoms with Gasteiger partial charge in [-0.1, -0.05) is 13.8 Å². The number of benzene rings is 1. The van der Waals surface area contributed by atoms with Crippen molar-refractivity contribution in [1.29, 1.82) is 0 Å². The topological polar surface area (TPSA) is 70.1 Å². The molecule has 0 aliphatic heterocycles. The minimum Gasteiger partial charge on any atom is -0.492 e. The molecule has 0 aliphatic carbocycles. The molecule has 2 N–H and O–H groups in total. The molecule has 150 valence electrons. The molecule has 1 aromatic carbocycles. The number of hydrogen-bond acceptors (Lipinski definition) is 4. The Bertz CT molecular complexity index is 1040. The highest BCUT2D eigenvalue weighted by atomic mass is 19.4. The predicted octanol–water partition coefficient (Wildman–Crippen LogP) is 3.86. The van der Waals surface area contributed by atoms with Crippen molar-refractivity contribution in [3.63, 3.8) is 0 Å². The van der Waals surface area contributed by atoms with Crippen LogP contribution in [0.2, 0.25) is 0 Å². The van der Waals surface area contributed by atoms with Gasteiger partial charge in [-0.05, 0) is 35.9 Å². The molecule has 8 heteroatoms. The molecule has 0 radical (unpaired) electrons. The number of rotatable bonds is 6. The molecule has 28 heavy (non-hydrogen) atoms. The van der Waals surface area contributed by atoms with Crippen molar-refractivity contribution in [2.75, 3.05) is 6.61 Å². The van der Waals surface area contributed by atoms with Crippen molar-refractivity contribution in [1.82, 2.24) is 9.55 Å². The number of aromatic nitrogens is 2. The number of hydrogen-bond donors (Lipinski definition) is 1. The Morgan fingerprint density at radius 3 is 2.61 bits per heavy atom. The van der Waals surface area contributed by atoms with E-state index in [1.807, 2.05) is 13.8 Å². The first-order valence-corrected chi connectivity index (χ1v) is 9.01. The predicted molar refractivity (Wildman–Crippen MR) is 102 cm³/mol. The van der Waals surface area contributed by atoms with Gasteiger partial charge in [0.25, 0.3) is 5.56 Å². The van der Waals surface area contributed by atoms with Crippen LogP contribution in [0.3, 0.4) is 0 Å². The van der Waals surface area contributed by atoms with Crippen LogP contribution >= 0.6 is 0 Å². The number of pyridine rings is 2. The molecule has 0 bridgehead atoms. The quantitative estimate of drug-likeness (QED) is 0.646. The maximum absolute atomic E-state index is 13.1. The van der Waals surface area contributed by atoms with Crippen LogP contribution in [0.5, 0.6) is 5.75 Å². The van der Waals surface area contributed by atoms with E-state index in [9.17, 15) is 18.0 Å². The molecular weight excluding hydrogens is 371 g/mol. The molecule has 3 rings (SSSR count). The third-order valence-corrected chi connectivity index (χ3v) is 4.42. The number of ether oxygens (including phenoxy) is 1. The van der Waals surface area contributed by atoms with Gasteiger partial charge in [0.15, 0.2) is 0 Å². The second-order valence-corrected chi connectivity index (χ2v) is 7.31. The third kappa shape index (κ3) is 4.44. The molecule has 2 aromatic heterocycles. The smallest absolute Gasteiger partial charge is 0.406 e. The molecular formula is C20H22F3N3O2. The number of nitrogens with two attached hydrogens (primary N) is 1. The summed E-state index contributed by atoms with van der Waals surface area (Å²) in [6.45, 7) is 2.95. The Balaban J connectivity index is 2.08. The minimum absolute atomic E-state index is 0.145. The van der Waals surface area contributed by atoms with E-state index in [4.69, 9.17) is 10.5 Å². The Kier molecular flexibility index (Phi) is 5.60. The zero-order chi connectivity index (χ0) is 20.5. The number of halogens is 3. The average molecular weight is 393 g/mol. The van der Waals surface area contributed by atoms with Crippen LogP contribution in [0.1, 0.15) is 20.3 Å². The fourth-order valence-electron chi connectivity index (χ4n) is 3.32. The summed E-state index contributed by atoms with van der Waals surface area (Å²) in [5.41, 5.74) is 5.44. The normalized spacial score (nSPS) is 13.4. The molecule has 2 heterocycles. The van der Waals surface area contributed by atoms with Crippen LogP contribution < -0.4 is 16.0 Å². The summed E-state index contributed by atoms with van der Waals surface area (Å²) in [6.07, 6.45) is -0.975. The standard InChI is InChI=1S/C20H22F3N3O2/c1-12(2)7-13(24)10-28-14-3-4-16-15-5-6-25-9-17(15)19(27)26(18(16)8-14)11-20(21,22)23/h3-6,8-9,12-13H,7,10-11,24H2,1-2H3. The van der Waals surface area contributed by atoms with E-state index in [0.29, 0.717) is 22.4 Å². The first-order valence-electron chi connectivity index (χ1n) is 9.01. The zero-order valence-electron chi connectivity index (χ0n) is 15.7. The molecule has 5 nitrogen and oxygen atoms in total. The van der Waals surface area contributed by atoms with Crippen molar-refractivity contribution in [2.24, 2.45) is 11.7 Å². The molecule has 0 fully saturated rings. The van der Waals surface area contributed by atoms with Crippen LogP contribution in [0.25, 0.3) is 21.7 Å². The summed E-state index contributed by atoms with van der Waals surface area (Å²) in [4.78, 5) is 16.6. The summed E-state index contributed by atoms with van der Waals surface area (Å²) in [5.74, 6) is 0.780. The number of alkyl halides is 3. The largest absolute Gasteiger partial charge is 0.492 e. The van der Waals surface area contributed by atoms with E-state index in [1.165, 1.54) is 18.5 Å². The summed E-state index contributed by atoms with van der Waals surface area (Å²) in [6, 6.07) is 6.23. The Morgan fingerprint density at radius 1 is 1.18 bits per heavy atom. The van der Waals surface area contributed by atoms with E-state index < -0.39 is 18.3 Å². The number of fused-ring (bicyclic) bond motifs is 3. The Hall–Kier alpha value is -2.61. The average Bonchev–Trinajstić information content (AvgIpc) is 2.62. The van der Waals surface area contributed by atoms with Gasteiger partial charge in [-0.3, -0.25) is 14.3 Å². The number of nitrogens with zero attached hydrogens (tertiary/aromatic N) is 2. The van der Waals surface area contributed by atoms with Gasteiger partial charge in [-0.2, -0.15) is 13.2 Å². The highest BCUT2D eigenvalue weighted by Crippen LogP contribution is 2.28. The molecule has 1 unspecified atom stereocenters. The van der Waals surface area contributed by atoms with Crippen LogP contribution in [-0.2, 0) is 6.54 Å². The van der Waals surface area contributed by atoms with Gasteiger partial charge in [0, 0.05) is 29.9 Å². The maximum Gasteiger partial charge on any atom is 0.406 e. The first kappa shape index (κ1) is 20.1. The maximum atomic E-state index is 13.1. The molecule has 1 atom stereocenters. The van der Waals surface area contributed by atoms with Gasteiger partial charge in [0.05, 0.1) is 10.9 Å². The molecule has 0 amide bonds. The third-order valence-electron chi connectivity index (χ3n) is 4.42. The van der Waals surface area contributed by atoms with Gasteiger partial charge in [-0.15, -0.1) is 0 Å². The van der Waals surface area contributed by atoms with Crippen molar-refractivity contribution < 1.29 is 17.9 Å². The molecule has 0 spiro atoms. The van der Waals surface area contributed by atoms with Gasteiger partial charge in [0.1, 0.15) is 18.9 Å². The lowest BCUT2D eigenvalue weighted by Gasteiger charge is -2.17. The SMILES string of the molecule is CC(C)CC(N)COc1ccc2c3ccncc3c(=O)n(CC(F)(F)F)c2c1. The van der Waals surface area contributed by atoms with E-state index in [-0.39, 0.29) is 23.6 Å². The fourth-order valence-corrected chi connectivity index (χ4v) is 3.32. The summed E-state index contributed by atoms with van der Waals surface area (Å²) in [5, 5.41) is 1.23. The molecule has 0 aliphatic rings. The van der Waals surface area contributed by atoms with Crippen LogP contribution in [-0.4, -0.2) is 28.4 Å². The van der Waals surface area contributed by atoms with Crippen molar-refractivity contribution in [2.45, 2.75) is 39.0 Å². The molecule has 0 saturated heterocycles. The summed E-state index contributed by atoms with van der Waals surface area (Å²) < 4.78 is 45.7. The molecule has 3 aromatic rings. The lowest BCUT2D eigenvalue weighted by atomic mass is 10.1. The minimum atomic E-state index is -4.54. The van der Waals surface area contributed by atoms with Crippen LogP contribution in [0.4, 0.5) is 13.2 Å². The van der Waals surface area contributed by atoms with Crippen LogP contribution in [0, 0.1) is 5.92 Å². The molecule has 0 saturated carbocycles. The van der Waals surface area contributed by atoms with E-state index in [2.05, 4.69) is 4.98 Å². The van der Waals surface area contributed by atoms with Gasteiger partial charge >= 0.3 is 6.18 Å². The second-order valence-electron chi connectivity index (χ2n) is 7.31. The van der Waals surface area contributed by atoms with E-state index in [1.54, 1.807) is 18.2 Å². The van der Waals surface area contributed by atoms with E-state index >= 15 is 0 Å². The van der Waals surface area contributed by atoms with Crippen molar-refractivity contribution in [3.8, 4) is 5.75 Å². The monoisotopic (exact) mass is 393 g/mol. The highest BCUT2D eigenvalue weighted by Gasteiger charge is 2.30. The summed E-state index contributed by atoms with van der Waals surface area (Å²) in [7, 11) is 0. The van der Waals surface area contributed by atoms with Gasteiger partial charge in [-0.25, -0.2) is 0 Å². The Labute approximate surface area is 159 Å². The van der Waals surface area contributed by atoms with Crippen LogP contribution in [0.15, 0.2) is 41.5 Å². The van der Waals surface area contributed by atoms with E-state index in [0.717, 1.165) is 11.0 Å². The van der Waals surface area contributed by atoms with Gasteiger partial charge < -0.3 is 10.5 Å². The lowest BCUT2D eigenvalue weighted by Crippen LogP contribution is -2.29. The highest BCUT2D eigenvalue weighted by molar-refractivity contribution is 6.05. The summed E-state index contributed by atoms with van der Waals surface area (Å²) >= 11 is 0. The fraction of sp³-hybridized carbons (Fsp3) is 0.400. The van der Waals surface area contributed by atoms with Crippen molar-refractivity contribution >= 4 is 21.7 Å². The van der Waals surface area contributed by atoms with Gasteiger partial charge in [0.2, 0.25) is 0 Å². The van der Waals surface area contributed by atoms with Crippen molar-refractivity contribution in [3.05, 3.63) is 47.0 Å². The lowest BCUT2D eigenvalue weighted by molar-refractivity contribution is -0.140. The zero-order valence-corrected chi connectivity index (χ0v) is 15.7.